The fourth-order valence-corrected chi connectivity index (χ4v) is 1.26. The summed E-state index contributed by atoms with van der Waals surface area (Å²) in [5, 5.41) is 10.7. The second kappa shape index (κ2) is 4.13. The molecule has 0 radical (unpaired) electrons. The third-order valence-corrected chi connectivity index (χ3v) is 2.03. The summed E-state index contributed by atoms with van der Waals surface area (Å²) in [5.74, 6) is -1.32. The summed E-state index contributed by atoms with van der Waals surface area (Å²) in [6.45, 7) is -0.358. The zero-order chi connectivity index (χ0) is 12.6. The predicted octanol–water partition coefficient (Wildman–Crippen LogP) is 0.973. The smallest absolute Gasteiger partial charge is 0.480 e. The summed E-state index contributed by atoms with van der Waals surface area (Å²) < 4.78 is 63.5. The van der Waals surface area contributed by atoms with Crippen LogP contribution in [0.25, 0.3) is 0 Å². The Bertz CT molecular complexity index is 280. The van der Waals surface area contributed by atoms with E-state index >= 15 is 0 Å². The van der Waals surface area contributed by atoms with Gasteiger partial charge in [-0.25, -0.2) is 0 Å². The molecule has 0 bridgehead atoms. The van der Waals surface area contributed by atoms with Gasteiger partial charge >= 0.3 is 18.3 Å². The fraction of sp³-hybridized carbons (Fsp3) is 0.857. The molecule has 2 atom stereocenters. The second-order valence-corrected chi connectivity index (χ2v) is 3.29. The van der Waals surface area contributed by atoms with E-state index in [1.54, 1.807) is 0 Å². The first-order valence-electron chi connectivity index (χ1n) is 4.22. The largest absolute Gasteiger partial charge is 0.482 e. The lowest BCUT2D eigenvalue weighted by Gasteiger charge is -2.22. The van der Waals surface area contributed by atoms with Crippen molar-refractivity contribution in [1.82, 2.24) is 5.32 Å². The third-order valence-electron chi connectivity index (χ3n) is 2.03. The first-order valence-corrected chi connectivity index (χ1v) is 4.22. The summed E-state index contributed by atoms with van der Waals surface area (Å²) in [5.41, 5.74) is 0. The summed E-state index contributed by atoms with van der Waals surface area (Å²) in [6.07, 6.45) is -13.0. The van der Waals surface area contributed by atoms with Crippen molar-refractivity contribution in [2.24, 2.45) is 0 Å². The molecule has 9 heteroatoms. The second-order valence-electron chi connectivity index (χ2n) is 3.29. The SMILES string of the molecule is O=C(O)C1CC(OC(F)(F)C(F)(F)F)CN1. The zero-order valence-electron chi connectivity index (χ0n) is 7.72. The normalized spacial score (nSPS) is 27.1. The number of carboxylic acid groups (broad SMARTS) is 1. The molecule has 1 aliphatic heterocycles. The van der Waals surface area contributed by atoms with Crippen LogP contribution in [0.3, 0.4) is 0 Å². The molecule has 0 aromatic heterocycles. The van der Waals surface area contributed by atoms with Gasteiger partial charge in [0, 0.05) is 13.0 Å². The van der Waals surface area contributed by atoms with Crippen LogP contribution in [0.2, 0.25) is 0 Å². The Morgan fingerprint density at radius 1 is 1.31 bits per heavy atom. The van der Waals surface area contributed by atoms with Gasteiger partial charge in [-0.15, -0.1) is 0 Å². The number of rotatable bonds is 3. The van der Waals surface area contributed by atoms with Crippen LogP contribution in [-0.4, -0.2) is 42.1 Å². The Morgan fingerprint density at radius 3 is 2.25 bits per heavy atom. The van der Waals surface area contributed by atoms with Crippen LogP contribution >= 0.6 is 0 Å². The maximum atomic E-state index is 12.4. The summed E-state index contributed by atoms with van der Waals surface area (Å²) in [6, 6.07) is -1.16. The number of aliphatic carboxylic acids is 1. The molecule has 16 heavy (non-hydrogen) atoms. The number of alkyl halides is 5. The van der Waals surface area contributed by atoms with Crippen molar-refractivity contribution in [2.45, 2.75) is 30.9 Å². The zero-order valence-corrected chi connectivity index (χ0v) is 7.72. The van der Waals surface area contributed by atoms with Crippen LogP contribution in [0.15, 0.2) is 0 Å². The van der Waals surface area contributed by atoms with Gasteiger partial charge in [-0.3, -0.25) is 4.79 Å². The van der Waals surface area contributed by atoms with Gasteiger partial charge in [0.15, 0.2) is 0 Å². The van der Waals surface area contributed by atoms with Crippen LogP contribution in [0, 0.1) is 0 Å². The maximum absolute atomic E-state index is 12.4. The molecule has 1 aliphatic rings. The molecule has 1 heterocycles. The number of hydrogen-bond donors (Lipinski definition) is 2. The van der Waals surface area contributed by atoms with Crippen LogP contribution < -0.4 is 5.32 Å². The van der Waals surface area contributed by atoms with Gasteiger partial charge in [-0.1, -0.05) is 0 Å². The number of hydrogen-bond acceptors (Lipinski definition) is 3. The van der Waals surface area contributed by atoms with Crippen molar-refractivity contribution >= 4 is 5.97 Å². The molecule has 1 rings (SSSR count). The van der Waals surface area contributed by atoms with Gasteiger partial charge in [0.1, 0.15) is 6.04 Å². The lowest BCUT2D eigenvalue weighted by molar-refractivity contribution is -0.400. The van der Waals surface area contributed by atoms with Crippen LogP contribution in [0.5, 0.6) is 0 Å². The molecular weight excluding hydrogens is 241 g/mol. The highest BCUT2D eigenvalue weighted by Gasteiger charge is 2.61. The lowest BCUT2D eigenvalue weighted by atomic mass is 10.2. The highest BCUT2D eigenvalue weighted by atomic mass is 19.4. The average molecular weight is 249 g/mol. The minimum Gasteiger partial charge on any atom is -0.480 e. The van der Waals surface area contributed by atoms with Crippen molar-refractivity contribution in [2.75, 3.05) is 6.54 Å². The van der Waals surface area contributed by atoms with E-state index in [0.29, 0.717) is 0 Å². The maximum Gasteiger partial charge on any atom is 0.482 e. The molecule has 0 aromatic rings. The van der Waals surface area contributed by atoms with E-state index in [-0.39, 0.29) is 6.54 Å². The predicted molar refractivity (Wildman–Crippen MR) is 39.9 cm³/mol. The minimum absolute atomic E-state index is 0.358. The highest BCUT2D eigenvalue weighted by Crippen LogP contribution is 2.38. The van der Waals surface area contributed by atoms with Gasteiger partial charge in [0.2, 0.25) is 0 Å². The standard InChI is InChI=1S/C7H8F5NO3/c8-6(9,10)7(11,12)16-3-1-4(5(14)15)13-2-3/h3-4,13H,1-2H2,(H,14,15). The molecule has 2 N–H and O–H groups in total. The van der Waals surface area contributed by atoms with Gasteiger partial charge in [-0.2, -0.15) is 22.0 Å². The molecule has 0 aliphatic carbocycles. The molecule has 94 valence electrons. The van der Waals surface area contributed by atoms with Gasteiger partial charge in [0.25, 0.3) is 0 Å². The van der Waals surface area contributed by atoms with Crippen molar-refractivity contribution < 1.29 is 36.6 Å². The van der Waals surface area contributed by atoms with E-state index in [0.717, 1.165) is 0 Å². The van der Waals surface area contributed by atoms with E-state index in [1.807, 2.05) is 0 Å². The Labute approximate surface area is 86.4 Å². The Kier molecular flexibility index (Phi) is 3.38. The van der Waals surface area contributed by atoms with E-state index < -0.39 is 36.8 Å². The average Bonchev–Trinajstić information content (AvgIpc) is 2.49. The number of carboxylic acids is 1. The topological polar surface area (TPSA) is 58.6 Å². The molecular formula is C7H8F5NO3. The summed E-state index contributed by atoms with van der Waals surface area (Å²) in [7, 11) is 0. The van der Waals surface area contributed by atoms with Crippen LogP contribution in [0.1, 0.15) is 6.42 Å². The minimum atomic E-state index is -5.80. The number of halogens is 5. The molecule has 1 saturated heterocycles. The summed E-state index contributed by atoms with van der Waals surface area (Å²) in [4.78, 5) is 10.4. The first kappa shape index (κ1) is 13.1. The Balaban J connectivity index is 2.54. The molecule has 1 fully saturated rings. The Hall–Kier alpha value is -0.960. The number of carbonyl (C=O) groups is 1. The van der Waals surface area contributed by atoms with Gasteiger partial charge < -0.3 is 15.2 Å². The molecule has 0 saturated carbocycles. The van der Waals surface area contributed by atoms with E-state index in [2.05, 4.69) is 10.1 Å². The third kappa shape index (κ3) is 2.79. The van der Waals surface area contributed by atoms with E-state index in [4.69, 9.17) is 5.11 Å². The Morgan fingerprint density at radius 2 is 1.88 bits per heavy atom. The molecule has 0 amide bonds. The molecule has 0 aromatic carbocycles. The fourth-order valence-electron chi connectivity index (χ4n) is 1.26. The quantitative estimate of drug-likeness (QED) is 0.732. The van der Waals surface area contributed by atoms with Crippen LogP contribution in [-0.2, 0) is 9.53 Å². The van der Waals surface area contributed by atoms with Crippen LogP contribution in [0.4, 0.5) is 22.0 Å². The van der Waals surface area contributed by atoms with Gasteiger partial charge in [-0.05, 0) is 0 Å². The van der Waals surface area contributed by atoms with E-state index in [9.17, 15) is 26.7 Å². The van der Waals surface area contributed by atoms with E-state index in [1.165, 1.54) is 0 Å². The number of nitrogens with one attached hydrogen (secondary N) is 1. The molecule has 4 nitrogen and oxygen atoms in total. The lowest BCUT2D eigenvalue weighted by Crippen LogP contribution is -2.42. The van der Waals surface area contributed by atoms with Gasteiger partial charge in [0.05, 0.1) is 6.10 Å². The monoisotopic (exact) mass is 249 g/mol. The molecule has 0 spiro atoms. The molecule has 2 unspecified atom stereocenters. The number of ether oxygens (including phenoxy) is 1. The first-order chi connectivity index (χ1) is 7.13. The highest BCUT2D eigenvalue weighted by molar-refractivity contribution is 5.73. The van der Waals surface area contributed by atoms with Crippen molar-refractivity contribution in [1.29, 1.82) is 0 Å². The van der Waals surface area contributed by atoms with Crippen molar-refractivity contribution in [3.05, 3.63) is 0 Å². The van der Waals surface area contributed by atoms with Crippen molar-refractivity contribution in [3.63, 3.8) is 0 Å². The van der Waals surface area contributed by atoms with Crippen molar-refractivity contribution in [3.8, 4) is 0 Å². The summed E-state index contributed by atoms with van der Waals surface area (Å²) >= 11 is 0.